The maximum absolute atomic E-state index is 12.2. The molecule has 21 heavy (non-hydrogen) atoms. The highest BCUT2D eigenvalue weighted by atomic mass is 32.1. The maximum atomic E-state index is 12.2. The highest BCUT2D eigenvalue weighted by Gasteiger charge is 2.25. The van der Waals surface area contributed by atoms with Crippen LogP contribution in [0.15, 0.2) is 24.3 Å². The van der Waals surface area contributed by atoms with Crippen molar-refractivity contribution >= 4 is 23.1 Å². The summed E-state index contributed by atoms with van der Waals surface area (Å²) in [5, 5.41) is 0. The average molecular weight is 308 g/mol. The van der Waals surface area contributed by atoms with Gasteiger partial charge in [0.25, 0.3) is 5.91 Å². The number of morpholine rings is 1. The lowest BCUT2D eigenvalue weighted by Crippen LogP contribution is -2.49. The average Bonchev–Trinajstić information content (AvgIpc) is 2.52. The second kappa shape index (κ2) is 7.38. The summed E-state index contributed by atoms with van der Waals surface area (Å²) in [5.74, 6) is 0.619. The van der Waals surface area contributed by atoms with Gasteiger partial charge in [-0.25, -0.2) is 0 Å². The largest absolute Gasteiger partial charge is 0.484 e. The predicted octanol–water partition coefficient (Wildman–Crippen LogP) is 1.34. The summed E-state index contributed by atoms with van der Waals surface area (Å²) >= 11 is 4.89. The van der Waals surface area contributed by atoms with E-state index in [0.29, 0.717) is 30.5 Å². The molecule has 1 amide bonds. The Morgan fingerprint density at radius 2 is 2.19 bits per heavy atom. The standard InChI is InChI=1S/C15H20N2O3S/c1-2-12-9-19-8-7-17(12)14(18)10-20-13-5-3-11(4-6-13)15(16)21/h3-6,12H,2,7-10H2,1H3,(H2,16,21). The third-order valence-corrected chi connectivity index (χ3v) is 3.76. The van der Waals surface area contributed by atoms with Crippen LogP contribution < -0.4 is 10.5 Å². The van der Waals surface area contributed by atoms with E-state index in [1.165, 1.54) is 0 Å². The lowest BCUT2D eigenvalue weighted by Gasteiger charge is -2.35. The number of nitrogens with zero attached hydrogens (tertiary/aromatic N) is 1. The van der Waals surface area contributed by atoms with E-state index in [1.807, 2.05) is 4.90 Å². The quantitative estimate of drug-likeness (QED) is 0.832. The van der Waals surface area contributed by atoms with Gasteiger partial charge in [-0.1, -0.05) is 19.1 Å². The molecule has 2 N–H and O–H groups in total. The van der Waals surface area contributed by atoms with Crippen LogP contribution in [0.4, 0.5) is 0 Å². The van der Waals surface area contributed by atoms with E-state index in [2.05, 4.69) is 6.92 Å². The molecule has 114 valence electrons. The van der Waals surface area contributed by atoms with E-state index < -0.39 is 0 Å². The molecule has 1 atom stereocenters. The van der Waals surface area contributed by atoms with Crippen LogP contribution in [0.25, 0.3) is 0 Å². The zero-order valence-corrected chi connectivity index (χ0v) is 12.9. The highest BCUT2D eigenvalue weighted by Crippen LogP contribution is 2.14. The van der Waals surface area contributed by atoms with E-state index >= 15 is 0 Å². The second-order valence-corrected chi connectivity index (χ2v) is 5.34. The van der Waals surface area contributed by atoms with Crippen LogP contribution in [0.5, 0.6) is 5.75 Å². The zero-order valence-electron chi connectivity index (χ0n) is 12.1. The van der Waals surface area contributed by atoms with Crippen LogP contribution in [-0.4, -0.2) is 48.2 Å². The number of hydrogen-bond acceptors (Lipinski definition) is 4. The molecule has 1 aliphatic rings. The predicted molar refractivity (Wildman–Crippen MR) is 84.4 cm³/mol. The first-order chi connectivity index (χ1) is 10.1. The number of benzene rings is 1. The van der Waals surface area contributed by atoms with E-state index in [0.717, 1.165) is 12.0 Å². The molecular weight excluding hydrogens is 288 g/mol. The topological polar surface area (TPSA) is 64.8 Å². The Kier molecular flexibility index (Phi) is 5.52. The lowest BCUT2D eigenvalue weighted by atomic mass is 10.2. The molecule has 1 aromatic rings. The van der Waals surface area contributed by atoms with Gasteiger partial charge in [-0.15, -0.1) is 0 Å². The van der Waals surface area contributed by atoms with Gasteiger partial charge in [0.2, 0.25) is 0 Å². The monoisotopic (exact) mass is 308 g/mol. The molecule has 1 unspecified atom stereocenters. The normalized spacial score (nSPS) is 18.3. The van der Waals surface area contributed by atoms with Gasteiger partial charge in [0.05, 0.1) is 19.3 Å². The number of hydrogen-bond donors (Lipinski definition) is 1. The molecule has 0 saturated carbocycles. The Hall–Kier alpha value is -1.66. The Labute approximate surface area is 130 Å². The summed E-state index contributed by atoms with van der Waals surface area (Å²) in [7, 11) is 0. The third kappa shape index (κ3) is 4.15. The molecule has 0 spiro atoms. The van der Waals surface area contributed by atoms with Crippen molar-refractivity contribution in [3.8, 4) is 5.75 Å². The Bertz CT molecular complexity index is 504. The van der Waals surface area contributed by atoms with Crippen molar-refractivity contribution < 1.29 is 14.3 Å². The van der Waals surface area contributed by atoms with Gasteiger partial charge in [-0.2, -0.15) is 0 Å². The molecule has 0 aliphatic carbocycles. The van der Waals surface area contributed by atoms with Crippen molar-refractivity contribution in [1.82, 2.24) is 4.90 Å². The molecule has 0 aromatic heterocycles. The maximum Gasteiger partial charge on any atom is 0.260 e. The van der Waals surface area contributed by atoms with Gasteiger partial charge in [0.15, 0.2) is 6.61 Å². The van der Waals surface area contributed by atoms with Gasteiger partial charge in [-0.05, 0) is 30.7 Å². The van der Waals surface area contributed by atoms with Crippen LogP contribution >= 0.6 is 12.2 Å². The third-order valence-electron chi connectivity index (χ3n) is 3.52. The molecule has 1 aliphatic heterocycles. The number of thiocarbonyl (C=S) groups is 1. The van der Waals surface area contributed by atoms with Crippen molar-refractivity contribution in [2.24, 2.45) is 5.73 Å². The van der Waals surface area contributed by atoms with E-state index in [4.69, 9.17) is 27.4 Å². The molecule has 0 bridgehead atoms. The molecular formula is C15H20N2O3S. The van der Waals surface area contributed by atoms with Gasteiger partial charge < -0.3 is 20.1 Å². The molecule has 2 rings (SSSR count). The minimum Gasteiger partial charge on any atom is -0.484 e. The van der Waals surface area contributed by atoms with Gasteiger partial charge in [0, 0.05) is 12.1 Å². The lowest BCUT2D eigenvalue weighted by molar-refractivity contribution is -0.142. The van der Waals surface area contributed by atoms with E-state index in [9.17, 15) is 4.79 Å². The molecule has 1 fully saturated rings. The summed E-state index contributed by atoms with van der Waals surface area (Å²) in [5.41, 5.74) is 6.31. The van der Waals surface area contributed by atoms with Crippen LogP contribution in [0, 0.1) is 0 Å². The minimum atomic E-state index is -0.0106. The number of nitrogens with two attached hydrogens (primary N) is 1. The smallest absolute Gasteiger partial charge is 0.260 e. The van der Waals surface area contributed by atoms with Crippen molar-refractivity contribution in [1.29, 1.82) is 0 Å². The number of carbonyl (C=O) groups excluding carboxylic acids is 1. The van der Waals surface area contributed by atoms with E-state index in [1.54, 1.807) is 24.3 Å². The van der Waals surface area contributed by atoms with Crippen LogP contribution in [-0.2, 0) is 9.53 Å². The highest BCUT2D eigenvalue weighted by molar-refractivity contribution is 7.80. The minimum absolute atomic E-state index is 0.0106. The van der Waals surface area contributed by atoms with Crippen LogP contribution in [0.1, 0.15) is 18.9 Å². The van der Waals surface area contributed by atoms with Gasteiger partial charge in [0.1, 0.15) is 10.7 Å². The first kappa shape index (κ1) is 15.7. The summed E-state index contributed by atoms with van der Waals surface area (Å²) in [4.78, 5) is 14.4. The summed E-state index contributed by atoms with van der Waals surface area (Å²) in [6.07, 6.45) is 0.883. The fourth-order valence-corrected chi connectivity index (χ4v) is 2.40. The first-order valence-electron chi connectivity index (χ1n) is 7.01. The summed E-state index contributed by atoms with van der Waals surface area (Å²) < 4.78 is 10.9. The van der Waals surface area contributed by atoms with Crippen molar-refractivity contribution in [3.05, 3.63) is 29.8 Å². The summed E-state index contributed by atoms with van der Waals surface area (Å²) in [6, 6.07) is 7.24. The SMILES string of the molecule is CCC1COCCN1C(=O)COc1ccc(C(N)=S)cc1. The number of amides is 1. The molecule has 6 heteroatoms. The molecule has 0 radical (unpaired) electrons. The van der Waals surface area contributed by atoms with Gasteiger partial charge >= 0.3 is 0 Å². The first-order valence-corrected chi connectivity index (χ1v) is 7.42. The Morgan fingerprint density at radius 1 is 1.48 bits per heavy atom. The summed E-state index contributed by atoms with van der Waals surface area (Å²) in [6.45, 7) is 3.90. The van der Waals surface area contributed by atoms with Crippen molar-refractivity contribution in [2.75, 3.05) is 26.4 Å². The van der Waals surface area contributed by atoms with Crippen LogP contribution in [0.3, 0.4) is 0 Å². The second-order valence-electron chi connectivity index (χ2n) is 4.90. The molecule has 1 saturated heterocycles. The Balaban J connectivity index is 1.89. The number of carbonyl (C=O) groups is 1. The van der Waals surface area contributed by atoms with E-state index in [-0.39, 0.29) is 18.6 Å². The molecule has 5 nitrogen and oxygen atoms in total. The Morgan fingerprint density at radius 3 is 2.81 bits per heavy atom. The van der Waals surface area contributed by atoms with Crippen molar-refractivity contribution in [3.63, 3.8) is 0 Å². The fourth-order valence-electron chi connectivity index (χ4n) is 2.26. The van der Waals surface area contributed by atoms with Crippen LogP contribution in [0.2, 0.25) is 0 Å². The number of rotatable bonds is 5. The molecule has 1 heterocycles. The van der Waals surface area contributed by atoms with Gasteiger partial charge in [-0.3, -0.25) is 4.79 Å². The fraction of sp³-hybridized carbons (Fsp3) is 0.467. The molecule has 1 aromatic carbocycles. The number of ether oxygens (including phenoxy) is 2. The zero-order chi connectivity index (χ0) is 15.2. The van der Waals surface area contributed by atoms with Crippen molar-refractivity contribution in [2.45, 2.75) is 19.4 Å².